The Morgan fingerprint density at radius 1 is 1.37 bits per heavy atom. The second kappa shape index (κ2) is 9.26. The molecule has 7 heteroatoms. The van der Waals surface area contributed by atoms with Gasteiger partial charge in [0.1, 0.15) is 11.8 Å². The number of aryl methyl sites for hydroxylation is 1. The smallest absolute Gasteiger partial charge is 0.242 e. The first-order valence-electron chi connectivity index (χ1n) is 10.2. The molecule has 2 aromatic rings. The van der Waals surface area contributed by atoms with Gasteiger partial charge in [-0.05, 0) is 50.8 Å². The Balaban J connectivity index is 1.79. The Labute approximate surface area is 177 Å². The molecule has 1 saturated heterocycles. The summed E-state index contributed by atoms with van der Waals surface area (Å²) in [6.45, 7) is 10.2. The zero-order chi connectivity index (χ0) is 21.7. The zero-order valence-corrected chi connectivity index (χ0v) is 17.7. The molecule has 0 aliphatic carbocycles. The fourth-order valence-electron chi connectivity index (χ4n) is 3.91. The SMILES string of the molecule is C=CCC(O)(CC=C)CNC(=O)[C@H]1CCCN1c1nc(C)c2cc(OC)ccc2n1. The van der Waals surface area contributed by atoms with Crippen molar-refractivity contribution in [2.45, 2.75) is 44.2 Å². The minimum atomic E-state index is -1.07. The number of benzene rings is 1. The van der Waals surface area contributed by atoms with Crippen LogP contribution in [0.4, 0.5) is 5.95 Å². The molecule has 160 valence electrons. The fraction of sp³-hybridized carbons (Fsp3) is 0.435. The van der Waals surface area contributed by atoms with Gasteiger partial charge in [-0.25, -0.2) is 9.97 Å². The number of amides is 1. The second-order valence-corrected chi connectivity index (χ2v) is 7.77. The fourth-order valence-corrected chi connectivity index (χ4v) is 3.91. The Morgan fingerprint density at radius 2 is 2.10 bits per heavy atom. The van der Waals surface area contributed by atoms with E-state index in [-0.39, 0.29) is 18.5 Å². The molecule has 1 aromatic carbocycles. The molecule has 0 bridgehead atoms. The van der Waals surface area contributed by atoms with Crippen LogP contribution in [0.5, 0.6) is 5.75 Å². The number of rotatable bonds is 9. The van der Waals surface area contributed by atoms with Crippen molar-refractivity contribution in [2.24, 2.45) is 0 Å². The Morgan fingerprint density at radius 3 is 2.77 bits per heavy atom. The number of aliphatic hydroxyl groups is 1. The molecule has 0 saturated carbocycles. The molecule has 1 aromatic heterocycles. The lowest BCUT2D eigenvalue weighted by molar-refractivity contribution is -0.123. The largest absolute Gasteiger partial charge is 0.497 e. The molecule has 30 heavy (non-hydrogen) atoms. The molecule has 0 radical (unpaired) electrons. The van der Waals surface area contributed by atoms with E-state index in [2.05, 4.69) is 23.5 Å². The van der Waals surface area contributed by atoms with E-state index in [9.17, 15) is 9.90 Å². The highest BCUT2D eigenvalue weighted by Gasteiger charge is 2.34. The number of ether oxygens (including phenoxy) is 1. The average molecular weight is 411 g/mol. The van der Waals surface area contributed by atoms with Crippen LogP contribution in [0.25, 0.3) is 10.9 Å². The number of carbonyl (C=O) groups is 1. The van der Waals surface area contributed by atoms with Crippen molar-refractivity contribution in [3.8, 4) is 5.75 Å². The van der Waals surface area contributed by atoms with Crippen molar-refractivity contribution in [1.29, 1.82) is 0 Å². The maximum absolute atomic E-state index is 12.9. The van der Waals surface area contributed by atoms with E-state index in [1.165, 1.54) is 0 Å². The quantitative estimate of drug-likeness (QED) is 0.618. The van der Waals surface area contributed by atoms with Crippen LogP contribution >= 0.6 is 0 Å². The third kappa shape index (κ3) is 4.62. The van der Waals surface area contributed by atoms with Gasteiger partial charge in [-0.15, -0.1) is 13.2 Å². The lowest BCUT2D eigenvalue weighted by Gasteiger charge is -2.29. The molecule has 0 spiro atoms. The Kier molecular flexibility index (Phi) is 6.72. The topological polar surface area (TPSA) is 87.6 Å². The summed E-state index contributed by atoms with van der Waals surface area (Å²) in [5, 5.41) is 14.5. The Hall–Kier alpha value is -2.93. The minimum absolute atomic E-state index is 0.130. The molecule has 1 aliphatic heterocycles. The van der Waals surface area contributed by atoms with Gasteiger partial charge in [0, 0.05) is 18.5 Å². The molecule has 1 fully saturated rings. The molecule has 3 rings (SSSR count). The normalized spacial score (nSPS) is 16.5. The van der Waals surface area contributed by atoms with Crippen molar-refractivity contribution < 1.29 is 14.6 Å². The predicted octanol–water partition coefficient (Wildman–Crippen LogP) is 2.92. The van der Waals surface area contributed by atoms with Crippen molar-refractivity contribution >= 4 is 22.8 Å². The summed E-state index contributed by atoms with van der Waals surface area (Å²) in [6, 6.07) is 5.33. The van der Waals surface area contributed by atoms with Crippen LogP contribution in [0, 0.1) is 6.92 Å². The minimum Gasteiger partial charge on any atom is -0.497 e. The first kappa shape index (κ1) is 21.8. The predicted molar refractivity (Wildman–Crippen MR) is 119 cm³/mol. The van der Waals surface area contributed by atoms with E-state index in [1.807, 2.05) is 30.0 Å². The molecule has 0 unspecified atom stereocenters. The number of aromatic nitrogens is 2. The van der Waals surface area contributed by atoms with Crippen LogP contribution in [-0.2, 0) is 4.79 Å². The highest BCUT2D eigenvalue weighted by molar-refractivity contribution is 5.87. The molecular weight excluding hydrogens is 380 g/mol. The van der Waals surface area contributed by atoms with E-state index >= 15 is 0 Å². The van der Waals surface area contributed by atoms with Gasteiger partial charge in [-0.2, -0.15) is 0 Å². The number of carbonyl (C=O) groups excluding carboxylic acids is 1. The Bertz CT molecular complexity index is 933. The number of hydrogen-bond acceptors (Lipinski definition) is 6. The van der Waals surface area contributed by atoms with E-state index in [1.54, 1.807) is 19.3 Å². The summed E-state index contributed by atoms with van der Waals surface area (Å²) < 4.78 is 5.29. The zero-order valence-electron chi connectivity index (χ0n) is 17.7. The van der Waals surface area contributed by atoms with E-state index < -0.39 is 5.60 Å². The summed E-state index contributed by atoms with van der Waals surface area (Å²) in [5.41, 5.74) is 0.583. The lowest BCUT2D eigenvalue weighted by atomic mass is 9.95. The average Bonchev–Trinajstić information content (AvgIpc) is 3.22. The molecule has 1 atom stereocenters. The van der Waals surface area contributed by atoms with Gasteiger partial charge in [0.15, 0.2) is 0 Å². The molecule has 1 aliphatic rings. The number of fused-ring (bicyclic) bond motifs is 1. The van der Waals surface area contributed by atoms with E-state index in [0.29, 0.717) is 25.3 Å². The van der Waals surface area contributed by atoms with Gasteiger partial charge in [-0.3, -0.25) is 4.79 Å². The number of nitrogens with one attached hydrogen (secondary N) is 1. The molecular formula is C23H30N4O3. The van der Waals surface area contributed by atoms with Crippen LogP contribution in [0.15, 0.2) is 43.5 Å². The third-order valence-electron chi connectivity index (χ3n) is 5.53. The van der Waals surface area contributed by atoms with Crippen molar-refractivity contribution in [1.82, 2.24) is 15.3 Å². The van der Waals surface area contributed by atoms with Crippen molar-refractivity contribution in [2.75, 3.05) is 25.1 Å². The summed E-state index contributed by atoms with van der Waals surface area (Å²) in [7, 11) is 1.63. The van der Waals surface area contributed by atoms with Crippen molar-refractivity contribution in [3.05, 3.63) is 49.2 Å². The first-order valence-corrected chi connectivity index (χ1v) is 10.2. The van der Waals surface area contributed by atoms with Crippen LogP contribution in [-0.4, -0.2) is 52.8 Å². The lowest BCUT2D eigenvalue weighted by Crippen LogP contribution is -2.49. The highest BCUT2D eigenvalue weighted by atomic mass is 16.5. The first-order chi connectivity index (χ1) is 14.4. The number of anilines is 1. The van der Waals surface area contributed by atoms with Crippen LogP contribution in [0.1, 0.15) is 31.4 Å². The van der Waals surface area contributed by atoms with E-state index in [4.69, 9.17) is 9.72 Å². The van der Waals surface area contributed by atoms with Gasteiger partial charge >= 0.3 is 0 Å². The molecule has 2 heterocycles. The molecule has 2 N–H and O–H groups in total. The van der Waals surface area contributed by atoms with Gasteiger partial charge < -0.3 is 20.1 Å². The van der Waals surface area contributed by atoms with E-state index in [0.717, 1.165) is 35.2 Å². The van der Waals surface area contributed by atoms with Gasteiger partial charge in [0.2, 0.25) is 11.9 Å². The number of methoxy groups -OCH3 is 1. The summed E-state index contributed by atoms with van der Waals surface area (Å²) in [5.74, 6) is 1.18. The van der Waals surface area contributed by atoms with Gasteiger partial charge in [0.05, 0.1) is 23.9 Å². The summed E-state index contributed by atoms with van der Waals surface area (Å²) in [4.78, 5) is 24.2. The number of hydrogen-bond donors (Lipinski definition) is 2. The molecule has 7 nitrogen and oxygen atoms in total. The van der Waals surface area contributed by atoms with Crippen molar-refractivity contribution in [3.63, 3.8) is 0 Å². The maximum Gasteiger partial charge on any atom is 0.242 e. The second-order valence-electron chi connectivity index (χ2n) is 7.77. The standard InChI is InChI=1S/C23H30N4O3/c1-5-11-23(29,12-6-2)15-24-21(28)20-8-7-13-27(20)22-25-16(3)18-14-17(30-4)9-10-19(18)26-22/h5-6,9-10,14,20,29H,1-2,7-8,11-13,15H2,3-4H3,(H,24,28)/t20-/m1/s1. The highest BCUT2D eigenvalue weighted by Crippen LogP contribution is 2.28. The monoisotopic (exact) mass is 410 g/mol. The summed E-state index contributed by atoms with van der Waals surface area (Å²) in [6.07, 6.45) is 5.66. The molecule has 1 amide bonds. The van der Waals surface area contributed by atoms with Gasteiger partial charge in [0.25, 0.3) is 0 Å². The number of nitrogens with zero attached hydrogens (tertiary/aromatic N) is 3. The van der Waals surface area contributed by atoms with Crippen LogP contribution < -0.4 is 15.0 Å². The van der Waals surface area contributed by atoms with Gasteiger partial charge in [-0.1, -0.05) is 12.2 Å². The van der Waals surface area contributed by atoms with Crippen LogP contribution in [0.2, 0.25) is 0 Å². The maximum atomic E-state index is 12.9. The third-order valence-corrected chi connectivity index (χ3v) is 5.53. The van der Waals surface area contributed by atoms with Crippen LogP contribution in [0.3, 0.4) is 0 Å². The summed E-state index contributed by atoms with van der Waals surface area (Å²) >= 11 is 0.